The minimum absolute atomic E-state index is 0.785. The van der Waals surface area contributed by atoms with Crippen molar-refractivity contribution in [3.05, 3.63) is 29.1 Å². The molecule has 5 heteroatoms. The topological polar surface area (TPSA) is 37.8 Å². The Morgan fingerprint density at radius 1 is 1.31 bits per heavy atom. The molecule has 0 unspecified atom stereocenters. The van der Waals surface area contributed by atoms with Gasteiger partial charge in [0.2, 0.25) is 0 Å². The van der Waals surface area contributed by atoms with Gasteiger partial charge >= 0.3 is 0 Å². The third-order valence-electron chi connectivity index (χ3n) is 2.18. The summed E-state index contributed by atoms with van der Waals surface area (Å²) in [6.07, 6.45) is 0. The highest BCUT2D eigenvalue weighted by atomic mass is 32.1. The summed E-state index contributed by atoms with van der Waals surface area (Å²) in [7, 11) is 0. The van der Waals surface area contributed by atoms with E-state index in [4.69, 9.17) is 0 Å². The molecule has 0 spiro atoms. The zero-order valence-electron chi connectivity index (χ0n) is 8.97. The van der Waals surface area contributed by atoms with Crippen molar-refractivity contribution in [3.8, 4) is 10.6 Å². The van der Waals surface area contributed by atoms with E-state index in [0.29, 0.717) is 0 Å². The fourth-order valence-corrected chi connectivity index (χ4v) is 2.37. The van der Waals surface area contributed by atoms with Crippen molar-refractivity contribution in [1.82, 2.24) is 10.2 Å². The third-order valence-corrected chi connectivity index (χ3v) is 3.44. The van der Waals surface area contributed by atoms with Gasteiger partial charge in [0, 0.05) is 12.3 Å². The number of hydrogen-bond acceptors (Lipinski definition) is 5. The van der Waals surface area contributed by atoms with Crippen LogP contribution in [0.15, 0.2) is 23.6 Å². The molecule has 0 aromatic carbocycles. The molecular weight excluding hydrogens is 238 g/mol. The van der Waals surface area contributed by atoms with Crippen molar-refractivity contribution >= 4 is 29.8 Å². The third kappa shape index (κ3) is 2.54. The molecule has 0 saturated heterocycles. The molecule has 2 aromatic rings. The summed E-state index contributed by atoms with van der Waals surface area (Å²) in [5.74, 6) is 1.58. The van der Waals surface area contributed by atoms with Gasteiger partial charge in [-0.3, -0.25) is 0 Å². The standard InChI is InChI=1S/C11H13N3S2/c1-8-4-7-16-11(8)9-2-3-10(14-13-9)12-5-6-15/h2-4,7,15H,5-6H2,1H3,(H,12,14). The Labute approximate surface area is 104 Å². The van der Waals surface area contributed by atoms with Crippen molar-refractivity contribution < 1.29 is 0 Å². The Balaban J connectivity index is 2.16. The highest BCUT2D eigenvalue weighted by molar-refractivity contribution is 7.80. The fraction of sp³-hybridized carbons (Fsp3) is 0.273. The molecule has 0 fully saturated rings. The second-order valence-corrected chi connectivity index (χ2v) is 4.75. The summed E-state index contributed by atoms with van der Waals surface area (Å²) in [6.45, 7) is 2.88. The summed E-state index contributed by atoms with van der Waals surface area (Å²) in [4.78, 5) is 1.19. The molecule has 0 atom stereocenters. The van der Waals surface area contributed by atoms with Crippen molar-refractivity contribution in [3.63, 3.8) is 0 Å². The van der Waals surface area contributed by atoms with E-state index in [1.54, 1.807) is 11.3 Å². The van der Waals surface area contributed by atoms with Gasteiger partial charge in [0.25, 0.3) is 0 Å². The number of rotatable bonds is 4. The normalized spacial score (nSPS) is 10.4. The van der Waals surface area contributed by atoms with Crippen LogP contribution in [-0.2, 0) is 0 Å². The van der Waals surface area contributed by atoms with Crippen LogP contribution in [0.1, 0.15) is 5.56 Å². The Morgan fingerprint density at radius 3 is 2.75 bits per heavy atom. The summed E-state index contributed by atoms with van der Waals surface area (Å²) < 4.78 is 0. The maximum absolute atomic E-state index is 4.21. The number of nitrogens with one attached hydrogen (secondary N) is 1. The SMILES string of the molecule is Cc1ccsc1-c1ccc(NCCS)nn1. The first-order valence-electron chi connectivity index (χ1n) is 5.04. The van der Waals surface area contributed by atoms with Crippen molar-refractivity contribution in [2.24, 2.45) is 0 Å². The van der Waals surface area contributed by atoms with E-state index in [9.17, 15) is 0 Å². The fourth-order valence-electron chi connectivity index (χ4n) is 1.37. The number of thiol groups is 1. The number of thiophene rings is 1. The summed E-state index contributed by atoms with van der Waals surface area (Å²) in [6, 6.07) is 6.03. The van der Waals surface area contributed by atoms with Gasteiger partial charge in [0.15, 0.2) is 0 Å². The van der Waals surface area contributed by atoms with Crippen LogP contribution in [-0.4, -0.2) is 22.5 Å². The molecule has 2 aromatic heterocycles. The van der Waals surface area contributed by atoms with Crippen LogP contribution in [0.2, 0.25) is 0 Å². The van der Waals surface area contributed by atoms with Gasteiger partial charge < -0.3 is 5.32 Å². The maximum Gasteiger partial charge on any atom is 0.148 e. The van der Waals surface area contributed by atoms with Crippen molar-refractivity contribution in [1.29, 1.82) is 0 Å². The van der Waals surface area contributed by atoms with Crippen LogP contribution in [0.25, 0.3) is 10.6 Å². The van der Waals surface area contributed by atoms with Crippen molar-refractivity contribution in [2.75, 3.05) is 17.6 Å². The number of anilines is 1. The minimum atomic E-state index is 0.785. The smallest absolute Gasteiger partial charge is 0.148 e. The molecular formula is C11H13N3S2. The van der Waals surface area contributed by atoms with Crippen LogP contribution in [0.4, 0.5) is 5.82 Å². The molecule has 0 amide bonds. The van der Waals surface area contributed by atoms with Gasteiger partial charge in [0.1, 0.15) is 11.5 Å². The Bertz CT molecular complexity index is 451. The quantitative estimate of drug-likeness (QED) is 0.821. The van der Waals surface area contributed by atoms with Crippen molar-refractivity contribution in [2.45, 2.75) is 6.92 Å². The maximum atomic E-state index is 4.21. The van der Waals surface area contributed by atoms with Gasteiger partial charge in [-0.2, -0.15) is 12.6 Å². The lowest BCUT2D eigenvalue weighted by Gasteiger charge is -2.03. The van der Waals surface area contributed by atoms with E-state index < -0.39 is 0 Å². The first-order chi connectivity index (χ1) is 7.81. The van der Waals surface area contributed by atoms with Gasteiger partial charge in [-0.05, 0) is 36.1 Å². The molecule has 3 nitrogen and oxygen atoms in total. The van der Waals surface area contributed by atoms with Gasteiger partial charge in [-0.15, -0.1) is 21.5 Å². The molecule has 0 aliphatic carbocycles. The van der Waals surface area contributed by atoms with Gasteiger partial charge in [0.05, 0.1) is 4.88 Å². The van der Waals surface area contributed by atoms with E-state index in [0.717, 1.165) is 23.8 Å². The van der Waals surface area contributed by atoms with Crippen LogP contribution >= 0.6 is 24.0 Å². The minimum Gasteiger partial charge on any atom is -0.368 e. The number of hydrogen-bond donors (Lipinski definition) is 2. The first kappa shape index (κ1) is 11.4. The molecule has 0 aliphatic heterocycles. The van der Waals surface area contributed by atoms with Gasteiger partial charge in [-0.1, -0.05) is 0 Å². The molecule has 2 heterocycles. The number of aromatic nitrogens is 2. The summed E-state index contributed by atoms with van der Waals surface area (Å²) in [5, 5.41) is 13.5. The Hall–Kier alpha value is -1.07. The Morgan fingerprint density at radius 2 is 2.19 bits per heavy atom. The molecule has 2 rings (SSSR count). The monoisotopic (exact) mass is 251 g/mol. The largest absolute Gasteiger partial charge is 0.368 e. The molecule has 16 heavy (non-hydrogen) atoms. The summed E-state index contributed by atoms with van der Waals surface area (Å²) in [5.41, 5.74) is 2.18. The van der Waals surface area contributed by atoms with E-state index in [-0.39, 0.29) is 0 Å². The second kappa shape index (κ2) is 5.32. The van der Waals surface area contributed by atoms with E-state index >= 15 is 0 Å². The number of aryl methyl sites for hydroxylation is 1. The highest BCUT2D eigenvalue weighted by Crippen LogP contribution is 2.26. The molecule has 84 valence electrons. The number of nitrogens with zero attached hydrogens (tertiary/aromatic N) is 2. The zero-order chi connectivity index (χ0) is 11.4. The molecule has 0 radical (unpaired) electrons. The van der Waals surface area contributed by atoms with Gasteiger partial charge in [-0.25, -0.2) is 0 Å². The average molecular weight is 251 g/mol. The molecule has 1 N–H and O–H groups in total. The van der Waals surface area contributed by atoms with Crippen LogP contribution in [0, 0.1) is 6.92 Å². The lowest BCUT2D eigenvalue weighted by molar-refractivity contribution is 1.02. The van der Waals surface area contributed by atoms with Crippen LogP contribution in [0.5, 0.6) is 0 Å². The van der Waals surface area contributed by atoms with Crippen LogP contribution in [0.3, 0.4) is 0 Å². The first-order valence-corrected chi connectivity index (χ1v) is 6.55. The van der Waals surface area contributed by atoms with E-state index in [1.807, 2.05) is 12.1 Å². The predicted octanol–water partition coefficient (Wildman–Crippen LogP) is 2.86. The molecule has 0 aliphatic rings. The van der Waals surface area contributed by atoms with E-state index in [1.165, 1.54) is 10.4 Å². The predicted molar refractivity (Wildman–Crippen MR) is 72.4 cm³/mol. The van der Waals surface area contributed by atoms with E-state index in [2.05, 4.69) is 46.5 Å². The highest BCUT2D eigenvalue weighted by Gasteiger charge is 2.05. The van der Waals surface area contributed by atoms with Crippen LogP contribution < -0.4 is 5.32 Å². The lowest BCUT2D eigenvalue weighted by atomic mass is 10.2. The second-order valence-electron chi connectivity index (χ2n) is 3.39. The molecule has 0 saturated carbocycles. The lowest BCUT2D eigenvalue weighted by Crippen LogP contribution is -2.05. The molecule has 0 bridgehead atoms. The average Bonchev–Trinajstić information content (AvgIpc) is 2.74. The zero-order valence-corrected chi connectivity index (χ0v) is 10.7. The Kier molecular flexibility index (Phi) is 3.79. The summed E-state index contributed by atoms with van der Waals surface area (Å²) >= 11 is 5.82.